The van der Waals surface area contributed by atoms with Crippen LogP contribution >= 0.6 is 0 Å². The summed E-state index contributed by atoms with van der Waals surface area (Å²) >= 11 is 0. The van der Waals surface area contributed by atoms with E-state index in [1.165, 1.54) is 18.4 Å². The lowest BCUT2D eigenvalue weighted by Crippen LogP contribution is -2.49. The third-order valence-corrected chi connectivity index (χ3v) is 8.51. The molecule has 5 nitrogen and oxygen atoms in total. The number of carbonyl (C=O) groups excluding carboxylic acids is 1. The van der Waals surface area contributed by atoms with Gasteiger partial charge in [0.15, 0.2) is 5.76 Å². The topological polar surface area (TPSA) is 84.0 Å². The third kappa shape index (κ3) is 3.58. The molecule has 2 heterocycles. The number of pyridine rings is 1. The van der Waals surface area contributed by atoms with E-state index in [-0.39, 0.29) is 11.5 Å². The summed E-state index contributed by atoms with van der Waals surface area (Å²) in [4.78, 5) is 16.8. The Labute approximate surface area is 185 Å². The molecule has 168 valence electrons. The van der Waals surface area contributed by atoms with Crippen LogP contribution in [0, 0.1) is 29.1 Å². The van der Waals surface area contributed by atoms with Crippen molar-refractivity contribution in [1.82, 2.24) is 4.98 Å². The average molecular weight is 462 g/mol. The average Bonchev–Trinajstić information content (AvgIpc) is 3.26. The van der Waals surface area contributed by atoms with Gasteiger partial charge in [-0.3, -0.25) is 9.00 Å². The molecule has 0 aliphatic heterocycles. The molecule has 1 atom stereocenters. The van der Waals surface area contributed by atoms with E-state index in [1.807, 2.05) is 0 Å². The molecule has 4 saturated carbocycles. The van der Waals surface area contributed by atoms with Crippen LogP contribution in [0.25, 0.3) is 0 Å². The second-order valence-corrected chi connectivity index (χ2v) is 10.8. The highest BCUT2D eigenvalue weighted by Crippen LogP contribution is 2.60. The number of nitrogens with zero attached hydrogens (tertiary/aromatic N) is 2. The van der Waals surface area contributed by atoms with E-state index >= 15 is 0 Å². The van der Waals surface area contributed by atoms with Gasteiger partial charge in [0.05, 0.1) is 33.9 Å². The fraction of sp³-hybridized carbons (Fsp3) is 0.522. The summed E-state index contributed by atoms with van der Waals surface area (Å²) in [7, 11) is -2.22. The van der Waals surface area contributed by atoms with Gasteiger partial charge in [-0.15, -0.1) is 0 Å². The van der Waals surface area contributed by atoms with Gasteiger partial charge >= 0.3 is 6.18 Å². The van der Waals surface area contributed by atoms with Crippen LogP contribution in [0.1, 0.15) is 65.9 Å². The van der Waals surface area contributed by atoms with E-state index in [4.69, 9.17) is 4.42 Å². The van der Waals surface area contributed by atoms with Gasteiger partial charge in [0.1, 0.15) is 11.1 Å². The number of hydrogen-bond donors (Lipinski definition) is 0. The number of aromatic nitrogens is 1. The maximum atomic E-state index is 14.0. The molecule has 4 bridgehead atoms. The number of hydrogen-bond acceptors (Lipinski definition) is 5. The predicted octanol–water partition coefficient (Wildman–Crippen LogP) is 5.02. The van der Waals surface area contributed by atoms with E-state index in [0.29, 0.717) is 17.8 Å². The summed E-state index contributed by atoms with van der Waals surface area (Å²) in [6, 6.07) is 5.44. The van der Waals surface area contributed by atoms with Crippen molar-refractivity contribution in [3.63, 3.8) is 0 Å². The normalized spacial score (nSPS) is 29.6. The molecule has 0 saturated heterocycles. The van der Waals surface area contributed by atoms with Crippen molar-refractivity contribution >= 4 is 16.6 Å². The molecule has 4 aliphatic rings. The van der Waals surface area contributed by atoms with Gasteiger partial charge in [-0.25, -0.2) is 4.98 Å². The summed E-state index contributed by atoms with van der Waals surface area (Å²) in [5.74, 6) is 0.169. The van der Waals surface area contributed by atoms with Crippen molar-refractivity contribution in [2.24, 2.45) is 17.8 Å². The Balaban J connectivity index is 1.59. The Morgan fingerprint density at radius 3 is 2.34 bits per heavy atom. The minimum Gasteiger partial charge on any atom is -0.461 e. The fourth-order valence-corrected chi connectivity index (χ4v) is 7.51. The van der Waals surface area contributed by atoms with Crippen molar-refractivity contribution in [3.8, 4) is 6.07 Å². The molecule has 32 heavy (non-hydrogen) atoms. The Morgan fingerprint density at radius 2 is 1.84 bits per heavy atom. The van der Waals surface area contributed by atoms with Gasteiger partial charge in [-0.2, -0.15) is 18.4 Å². The van der Waals surface area contributed by atoms with E-state index in [1.54, 1.807) is 6.07 Å². The number of carbonyl (C=O) groups is 1. The van der Waals surface area contributed by atoms with Gasteiger partial charge < -0.3 is 4.42 Å². The Kier molecular flexibility index (Phi) is 5.04. The number of halogens is 3. The first-order valence-corrected chi connectivity index (χ1v) is 12.0. The molecule has 0 radical (unpaired) electrons. The zero-order valence-electron chi connectivity index (χ0n) is 17.2. The van der Waals surface area contributed by atoms with Gasteiger partial charge in [0.25, 0.3) is 0 Å². The summed E-state index contributed by atoms with van der Waals surface area (Å²) < 4.78 is 59.9. The minimum absolute atomic E-state index is 0.0369. The number of furan rings is 1. The number of alkyl halides is 3. The molecule has 0 N–H and O–H groups in total. The molecule has 9 heteroatoms. The highest BCUT2D eigenvalue weighted by molar-refractivity contribution is 7.85. The first kappa shape index (κ1) is 21.4. The van der Waals surface area contributed by atoms with Crippen LogP contribution in [0.4, 0.5) is 13.2 Å². The summed E-state index contributed by atoms with van der Waals surface area (Å²) in [6.07, 6.45) is 2.12. The zero-order valence-corrected chi connectivity index (χ0v) is 18.0. The smallest absolute Gasteiger partial charge is 0.417 e. The SMILES string of the molecule is N#Cc1c(C(F)(F)F)cc(C23CC4CC(CC(C4)C2)C3)nc1[S@](=O)CC(=O)c1ccco1. The summed E-state index contributed by atoms with van der Waals surface area (Å²) in [5, 5.41) is 9.08. The lowest BCUT2D eigenvalue weighted by molar-refractivity contribution is -0.138. The van der Waals surface area contributed by atoms with E-state index < -0.39 is 50.1 Å². The molecule has 6 rings (SSSR count). The van der Waals surface area contributed by atoms with Crippen LogP contribution in [0.15, 0.2) is 33.9 Å². The second-order valence-electron chi connectivity index (χ2n) is 9.43. The van der Waals surface area contributed by atoms with Gasteiger partial charge in [-0.05, 0) is 74.5 Å². The van der Waals surface area contributed by atoms with Crippen LogP contribution < -0.4 is 0 Å². The maximum absolute atomic E-state index is 14.0. The number of ketones is 1. The Bertz CT molecular complexity index is 1100. The third-order valence-electron chi connectivity index (χ3n) is 7.26. The monoisotopic (exact) mass is 462 g/mol. The standard InChI is InChI=1S/C23H21F3N2O3S/c24-23(25,26)17-7-20(22-8-13-4-14(9-22)6-15(5-13)10-22)28-21(16(17)11-27)32(30)12-18(29)19-2-1-3-31-19/h1-3,7,13-15H,4-6,8-10,12H2/t13?,14?,15?,22?,32-/m1/s1. The van der Waals surface area contributed by atoms with Gasteiger partial charge in [-0.1, -0.05) is 0 Å². The molecule has 0 aromatic carbocycles. The van der Waals surface area contributed by atoms with Crippen LogP contribution in [0.2, 0.25) is 0 Å². The Morgan fingerprint density at radius 1 is 1.22 bits per heavy atom. The van der Waals surface area contributed by atoms with Crippen LogP contribution in [0.5, 0.6) is 0 Å². The second kappa shape index (κ2) is 7.55. The zero-order chi connectivity index (χ0) is 22.7. The van der Waals surface area contributed by atoms with Crippen LogP contribution in [-0.2, 0) is 22.4 Å². The quantitative estimate of drug-likeness (QED) is 0.583. The molecule has 0 unspecified atom stereocenters. The van der Waals surface area contributed by atoms with Gasteiger partial charge in [0.2, 0.25) is 5.78 Å². The molecule has 0 spiro atoms. The molecular formula is C23H21F3N2O3S. The first-order valence-electron chi connectivity index (χ1n) is 10.7. The lowest BCUT2D eigenvalue weighted by atomic mass is 9.48. The summed E-state index contributed by atoms with van der Waals surface area (Å²) in [5.41, 5.74) is -2.09. The number of nitriles is 1. The number of Topliss-reactive ketones (excluding diaryl/α,β-unsaturated/α-hetero) is 1. The fourth-order valence-electron chi connectivity index (χ4n) is 6.41. The van der Waals surface area contributed by atoms with E-state index in [9.17, 15) is 27.4 Å². The highest BCUT2D eigenvalue weighted by Gasteiger charge is 2.53. The number of rotatable bonds is 5. The van der Waals surface area contributed by atoms with Gasteiger partial charge in [0, 0.05) is 11.1 Å². The van der Waals surface area contributed by atoms with Crippen LogP contribution in [-0.4, -0.2) is 20.7 Å². The van der Waals surface area contributed by atoms with Crippen LogP contribution in [0.3, 0.4) is 0 Å². The highest BCUT2D eigenvalue weighted by atomic mass is 32.2. The van der Waals surface area contributed by atoms with Crippen molar-refractivity contribution < 1.29 is 26.6 Å². The predicted molar refractivity (Wildman–Crippen MR) is 108 cm³/mol. The van der Waals surface area contributed by atoms with E-state index in [2.05, 4.69) is 4.98 Å². The Hall–Kier alpha value is -2.47. The molecule has 4 aliphatic carbocycles. The van der Waals surface area contributed by atoms with Crippen molar-refractivity contribution in [3.05, 3.63) is 47.0 Å². The summed E-state index contributed by atoms with van der Waals surface area (Å²) in [6.45, 7) is 0. The molecule has 2 aromatic rings. The van der Waals surface area contributed by atoms with E-state index in [0.717, 1.165) is 44.6 Å². The van der Waals surface area contributed by atoms with Crippen molar-refractivity contribution in [2.75, 3.05) is 5.75 Å². The van der Waals surface area contributed by atoms with Crippen molar-refractivity contribution in [1.29, 1.82) is 5.26 Å². The molecule has 2 aromatic heterocycles. The maximum Gasteiger partial charge on any atom is 0.417 e. The first-order chi connectivity index (χ1) is 15.2. The lowest BCUT2D eigenvalue weighted by Gasteiger charge is -2.56. The largest absolute Gasteiger partial charge is 0.461 e. The molecule has 0 amide bonds. The van der Waals surface area contributed by atoms with Crippen molar-refractivity contribution in [2.45, 2.75) is 55.1 Å². The molecular weight excluding hydrogens is 441 g/mol. The minimum atomic E-state index is -4.80. The molecule has 4 fully saturated rings.